The first-order valence-electron chi connectivity index (χ1n) is 5.80. The van der Waals surface area contributed by atoms with E-state index in [1.165, 1.54) is 0 Å². The number of carbonyl (C=O) groups is 1. The molecule has 2 unspecified atom stereocenters. The SMILES string of the molecule is CC1CC(NC(=O)c2ccnc(F)c2F)CCO1. The number of halogens is 2. The summed E-state index contributed by atoms with van der Waals surface area (Å²) in [5.74, 6) is -3.09. The molecule has 1 N–H and O–H groups in total. The molecule has 0 saturated carbocycles. The Kier molecular flexibility index (Phi) is 3.86. The molecule has 4 nitrogen and oxygen atoms in total. The van der Waals surface area contributed by atoms with E-state index in [1.54, 1.807) is 0 Å². The summed E-state index contributed by atoms with van der Waals surface area (Å²) in [4.78, 5) is 14.9. The molecule has 2 rings (SSSR count). The number of aromatic nitrogens is 1. The van der Waals surface area contributed by atoms with Gasteiger partial charge in [-0.05, 0) is 25.8 Å². The van der Waals surface area contributed by atoms with Gasteiger partial charge in [0.1, 0.15) is 0 Å². The summed E-state index contributed by atoms with van der Waals surface area (Å²) >= 11 is 0. The molecule has 0 aromatic carbocycles. The predicted molar refractivity (Wildman–Crippen MR) is 60.1 cm³/mol. The molecule has 0 bridgehead atoms. The quantitative estimate of drug-likeness (QED) is 0.819. The first-order valence-corrected chi connectivity index (χ1v) is 5.80. The third-order valence-corrected chi connectivity index (χ3v) is 2.91. The van der Waals surface area contributed by atoms with E-state index in [0.717, 1.165) is 12.3 Å². The minimum Gasteiger partial charge on any atom is -0.378 e. The van der Waals surface area contributed by atoms with Crippen molar-refractivity contribution in [1.29, 1.82) is 0 Å². The first kappa shape index (κ1) is 12.9. The van der Waals surface area contributed by atoms with Crippen molar-refractivity contribution in [1.82, 2.24) is 10.3 Å². The lowest BCUT2D eigenvalue weighted by atomic mass is 10.0. The summed E-state index contributed by atoms with van der Waals surface area (Å²) in [5, 5.41) is 2.68. The molecule has 1 aromatic rings. The number of nitrogens with zero attached hydrogens (tertiary/aromatic N) is 1. The van der Waals surface area contributed by atoms with Crippen molar-refractivity contribution in [2.75, 3.05) is 6.61 Å². The molecule has 2 atom stereocenters. The van der Waals surface area contributed by atoms with Gasteiger partial charge in [-0.3, -0.25) is 4.79 Å². The molecule has 1 aliphatic rings. The predicted octanol–water partition coefficient (Wildman–Crippen LogP) is 1.66. The average molecular weight is 256 g/mol. The van der Waals surface area contributed by atoms with Gasteiger partial charge in [0.05, 0.1) is 11.7 Å². The van der Waals surface area contributed by atoms with Gasteiger partial charge in [-0.2, -0.15) is 4.39 Å². The van der Waals surface area contributed by atoms with Gasteiger partial charge >= 0.3 is 0 Å². The van der Waals surface area contributed by atoms with Gasteiger partial charge in [-0.25, -0.2) is 9.37 Å². The smallest absolute Gasteiger partial charge is 0.254 e. The Bertz CT molecular complexity index is 454. The maximum atomic E-state index is 13.4. The zero-order chi connectivity index (χ0) is 13.1. The Morgan fingerprint density at radius 1 is 1.56 bits per heavy atom. The van der Waals surface area contributed by atoms with Crippen molar-refractivity contribution in [2.45, 2.75) is 31.9 Å². The maximum Gasteiger partial charge on any atom is 0.254 e. The third-order valence-electron chi connectivity index (χ3n) is 2.91. The van der Waals surface area contributed by atoms with Gasteiger partial charge in [0, 0.05) is 18.8 Å². The van der Waals surface area contributed by atoms with Crippen LogP contribution < -0.4 is 5.32 Å². The second-order valence-corrected chi connectivity index (χ2v) is 4.34. The van der Waals surface area contributed by atoms with E-state index < -0.39 is 17.7 Å². The van der Waals surface area contributed by atoms with Gasteiger partial charge in [-0.1, -0.05) is 0 Å². The summed E-state index contributed by atoms with van der Waals surface area (Å²) in [6, 6.07) is 1.09. The fourth-order valence-electron chi connectivity index (χ4n) is 1.99. The number of pyridine rings is 1. The van der Waals surface area contributed by atoms with Crippen LogP contribution in [0, 0.1) is 11.8 Å². The molecular formula is C12H14F2N2O2. The molecule has 6 heteroatoms. The monoisotopic (exact) mass is 256 g/mol. The highest BCUT2D eigenvalue weighted by atomic mass is 19.2. The van der Waals surface area contributed by atoms with Crippen LogP contribution in [0.25, 0.3) is 0 Å². The minimum absolute atomic E-state index is 0.0584. The van der Waals surface area contributed by atoms with Crippen LogP contribution in [-0.2, 0) is 4.74 Å². The van der Waals surface area contributed by atoms with Crippen LogP contribution in [0.2, 0.25) is 0 Å². The lowest BCUT2D eigenvalue weighted by Gasteiger charge is -2.27. The number of rotatable bonds is 2. The van der Waals surface area contributed by atoms with Gasteiger partial charge in [0.15, 0.2) is 5.82 Å². The fraction of sp³-hybridized carbons (Fsp3) is 0.500. The van der Waals surface area contributed by atoms with Crippen LogP contribution in [-0.4, -0.2) is 29.6 Å². The molecule has 1 amide bonds. The van der Waals surface area contributed by atoms with Crippen LogP contribution in [0.3, 0.4) is 0 Å². The number of amides is 1. The molecule has 18 heavy (non-hydrogen) atoms. The van der Waals surface area contributed by atoms with Crippen LogP contribution in [0.15, 0.2) is 12.3 Å². The van der Waals surface area contributed by atoms with E-state index in [1.807, 2.05) is 6.92 Å². The summed E-state index contributed by atoms with van der Waals surface area (Å²) in [5.41, 5.74) is -0.318. The third kappa shape index (κ3) is 2.81. The maximum absolute atomic E-state index is 13.4. The molecule has 0 aliphatic carbocycles. The zero-order valence-corrected chi connectivity index (χ0v) is 9.95. The number of hydrogen-bond acceptors (Lipinski definition) is 3. The Morgan fingerprint density at radius 2 is 2.33 bits per heavy atom. The largest absolute Gasteiger partial charge is 0.378 e. The molecule has 0 spiro atoms. The summed E-state index contributed by atoms with van der Waals surface area (Å²) in [6.07, 6.45) is 2.47. The highest BCUT2D eigenvalue weighted by Gasteiger charge is 2.23. The Balaban J connectivity index is 2.05. The zero-order valence-electron chi connectivity index (χ0n) is 9.95. The van der Waals surface area contributed by atoms with Crippen LogP contribution in [0.4, 0.5) is 8.78 Å². The molecule has 2 heterocycles. The van der Waals surface area contributed by atoms with E-state index in [0.29, 0.717) is 19.4 Å². The van der Waals surface area contributed by atoms with Crippen molar-refractivity contribution in [3.8, 4) is 0 Å². The van der Waals surface area contributed by atoms with Crippen LogP contribution in [0.1, 0.15) is 30.1 Å². The van der Waals surface area contributed by atoms with E-state index >= 15 is 0 Å². The average Bonchev–Trinajstić information content (AvgIpc) is 2.32. The Hall–Kier alpha value is -1.56. The molecule has 1 saturated heterocycles. The first-order chi connectivity index (χ1) is 8.58. The topological polar surface area (TPSA) is 51.2 Å². The van der Waals surface area contributed by atoms with E-state index in [9.17, 15) is 13.6 Å². The van der Waals surface area contributed by atoms with Crippen LogP contribution in [0.5, 0.6) is 0 Å². The highest BCUT2D eigenvalue weighted by Crippen LogP contribution is 2.15. The summed E-state index contributed by atoms with van der Waals surface area (Å²) in [7, 11) is 0. The van der Waals surface area contributed by atoms with Gasteiger partial charge in [-0.15, -0.1) is 0 Å². The summed E-state index contributed by atoms with van der Waals surface area (Å²) < 4.78 is 31.6. The molecule has 1 fully saturated rings. The van der Waals surface area contributed by atoms with Crippen molar-refractivity contribution in [3.05, 3.63) is 29.6 Å². The second-order valence-electron chi connectivity index (χ2n) is 4.34. The Morgan fingerprint density at radius 3 is 3.06 bits per heavy atom. The van der Waals surface area contributed by atoms with Crippen molar-refractivity contribution in [3.63, 3.8) is 0 Å². The molecule has 1 aliphatic heterocycles. The van der Waals surface area contributed by atoms with Gasteiger partial charge in [0.25, 0.3) is 5.91 Å². The molecular weight excluding hydrogens is 242 g/mol. The Labute approximate surface area is 103 Å². The molecule has 98 valence electrons. The lowest BCUT2D eigenvalue weighted by molar-refractivity contribution is 0.0136. The van der Waals surface area contributed by atoms with E-state index in [4.69, 9.17) is 4.74 Å². The standard InChI is InChI=1S/C12H14F2N2O2/c1-7-6-8(3-5-18-7)16-12(17)9-2-4-15-11(14)10(9)13/h2,4,7-8H,3,5-6H2,1H3,(H,16,17). The second kappa shape index (κ2) is 5.39. The highest BCUT2D eigenvalue weighted by molar-refractivity contribution is 5.94. The molecule has 0 radical (unpaired) electrons. The molecule has 1 aromatic heterocycles. The van der Waals surface area contributed by atoms with Gasteiger partial charge < -0.3 is 10.1 Å². The number of nitrogens with one attached hydrogen (secondary N) is 1. The van der Waals surface area contributed by atoms with E-state index in [2.05, 4.69) is 10.3 Å². The van der Waals surface area contributed by atoms with Crippen molar-refractivity contribution in [2.24, 2.45) is 0 Å². The fourth-order valence-corrected chi connectivity index (χ4v) is 1.99. The number of carbonyl (C=O) groups excluding carboxylic acids is 1. The van der Waals surface area contributed by atoms with Crippen molar-refractivity contribution < 1.29 is 18.3 Å². The lowest BCUT2D eigenvalue weighted by Crippen LogP contribution is -2.41. The van der Waals surface area contributed by atoms with Crippen molar-refractivity contribution >= 4 is 5.91 Å². The summed E-state index contributed by atoms with van der Waals surface area (Å²) in [6.45, 7) is 2.46. The van der Waals surface area contributed by atoms with E-state index in [-0.39, 0.29) is 17.7 Å². The van der Waals surface area contributed by atoms with Crippen LogP contribution >= 0.6 is 0 Å². The number of hydrogen-bond donors (Lipinski definition) is 1. The van der Waals surface area contributed by atoms with Gasteiger partial charge in [0.2, 0.25) is 5.95 Å². The normalized spacial score (nSPS) is 23.7. The minimum atomic E-state index is -1.26. The number of ether oxygens (including phenoxy) is 1.